The van der Waals surface area contributed by atoms with E-state index in [1.165, 1.54) is 18.3 Å². The number of carbonyl (C=O) groups is 2. The van der Waals surface area contributed by atoms with E-state index in [4.69, 9.17) is 0 Å². The summed E-state index contributed by atoms with van der Waals surface area (Å²) in [6.07, 6.45) is 1.35. The largest absolute Gasteiger partial charge is 0.269 e. The first-order valence-corrected chi connectivity index (χ1v) is 9.87. The average molecular weight is 432 g/mol. The van der Waals surface area contributed by atoms with Crippen LogP contribution in [-0.2, 0) is 0 Å². The van der Waals surface area contributed by atoms with E-state index >= 15 is 0 Å². The highest BCUT2D eigenvalue weighted by atomic mass is 19.1. The molecule has 0 saturated carbocycles. The second-order valence-corrected chi connectivity index (χ2v) is 7.58. The molecule has 1 aliphatic heterocycles. The van der Waals surface area contributed by atoms with Crippen molar-refractivity contribution in [1.82, 2.24) is 9.88 Å². The molecule has 2 amide bonds. The van der Waals surface area contributed by atoms with Crippen molar-refractivity contribution >= 4 is 22.7 Å². The second kappa shape index (κ2) is 7.30. The number of fused-ring (bicyclic) bond motifs is 2. The highest BCUT2D eigenvalue weighted by molar-refractivity contribution is 6.21. The molecule has 32 heavy (non-hydrogen) atoms. The fourth-order valence-corrected chi connectivity index (χ4v) is 4.24. The Morgan fingerprint density at radius 2 is 1.47 bits per heavy atom. The van der Waals surface area contributed by atoms with Crippen LogP contribution < -0.4 is 0 Å². The number of para-hydroxylation sites is 1. The molecule has 1 aliphatic rings. The van der Waals surface area contributed by atoms with E-state index in [0.29, 0.717) is 16.5 Å². The molecule has 3 aromatic carbocycles. The van der Waals surface area contributed by atoms with Crippen molar-refractivity contribution in [3.63, 3.8) is 0 Å². The van der Waals surface area contributed by atoms with E-state index in [9.17, 15) is 22.8 Å². The van der Waals surface area contributed by atoms with Gasteiger partial charge in [0, 0.05) is 23.2 Å². The smallest absolute Gasteiger partial charge is 0.262 e. The van der Waals surface area contributed by atoms with Crippen molar-refractivity contribution in [2.45, 2.75) is 13.0 Å². The van der Waals surface area contributed by atoms with Crippen LogP contribution in [0.3, 0.4) is 0 Å². The fraction of sp³-hybridized carbons (Fsp3) is 0.0800. The monoisotopic (exact) mass is 432 g/mol. The molecule has 2 heterocycles. The van der Waals surface area contributed by atoms with Crippen molar-refractivity contribution in [3.8, 4) is 11.1 Å². The van der Waals surface area contributed by atoms with Gasteiger partial charge in [-0.05, 0) is 48.4 Å². The summed E-state index contributed by atoms with van der Waals surface area (Å²) in [7, 11) is 0. The number of halogens is 3. The Morgan fingerprint density at radius 1 is 0.844 bits per heavy atom. The van der Waals surface area contributed by atoms with Gasteiger partial charge in [-0.25, -0.2) is 13.2 Å². The molecule has 0 fully saturated rings. The lowest BCUT2D eigenvalue weighted by Gasteiger charge is -2.26. The molecule has 4 aromatic rings. The first kappa shape index (κ1) is 19.9. The molecule has 1 atom stereocenters. The van der Waals surface area contributed by atoms with Crippen LogP contribution in [0.25, 0.3) is 22.0 Å². The summed E-state index contributed by atoms with van der Waals surface area (Å²) in [5.74, 6) is -3.16. The molecular weight excluding hydrogens is 417 g/mol. The number of rotatable bonds is 3. The number of benzene rings is 3. The lowest BCUT2D eigenvalue weighted by molar-refractivity contribution is 0.0595. The number of pyridine rings is 1. The maximum absolute atomic E-state index is 14.4. The maximum atomic E-state index is 14.4. The van der Waals surface area contributed by atoms with Gasteiger partial charge in [0.2, 0.25) is 0 Å². The lowest BCUT2D eigenvalue weighted by Crippen LogP contribution is -2.33. The van der Waals surface area contributed by atoms with Gasteiger partial charge in [-0.3, -0.25) is 19.5 Å². The predicted molar refractivity (Wildman–Crippen MR) is 112 cm³/mol. The summed E-state index contributed by atoms with van der Waals surface area (Å²) in [6.45, 7) is 1.63. The van der Waals surface area contributed by atoms with Crippen LogP contribution in [0.5, 0.6) is 0 Å². The number of nitrogens with zero attached hydrogens (tertiary/aromatic N) is 2. The first-order chi connectivity index (χ1) is 15.4. The molecule has 0 radical (unpaired) electrons. The Morgan fingerprint density at radius 3 is 2.09 bits per heavy atom. The van der Waals surface area contributed by atoms with Crippen LogP contribution in [0.1, 0.15) is 39.2 Å². The number of carbonyl (C=O) groups excluding carboxylic acids is 2. The van der Waals surface area contributed by atoms with Crippen molar-refractivity contribution in [3.05, 3.63) is 101 Å². The molecule has 0 spiro atoms. The maximum Gasteiger partial charge on any atom is 0.262 e. The predicted octanol–water partition coefficient (Wildman–Crippen LogP) is 5.68. The van der Waals surface area contributed by atoms with Gasteiger partial charge in [-0.1, -0.05) is 24.3 Å². The van der Waals surface area contributed by atoms with Gasteiger partial charge >= 0.3 is 0 Å². The van der Waals surface area contributed by atoms with Crippen molar-refractivity contribution in [1.29, 1.82) is 0 Å². The van der Waals surface area contributed by atoms with E-state index < -0.39 is 35.3 Å². The highest BCUT2D eigenvalue weighted by Crippen LogP contribution is 2.39. The van der Waals surface area contributed by atoms with Crippen molar-refractivity contribution in [2.75, 3.05) is 0 Å². The minimum absolute atomic E-state index is 0.0190. The van der Waals surface area contributed by atoms with Gasteiger partial charge in [0.25, 0.3) is 11.8 Å². The summed E-state index contributed by atoms with van der Waals surface area (Å²) in [6, 6.07) is 12.9. The number of hydrogen-bond acceptors (Lipinski definition) is 3. The summed E-state index contributed by atoms with van der Waals surface area (Å²) in [5.41, 5.74) is 1.40. The molecule has 0 saturated heterocycles. The van der Waals surface area contributed by atoms with Crippen molar-refractivity contribution in [2.24, 2.45) is 0 Å². The minimum Gasteiger partial charge on any atom is -0.269 e. The summed E-state index contributed by atoms with van der Waals surface area (Å²) in [4.78, 5) is 31.3. The van der Waals surface area contributed by atoms with Crippen LogP contribution in [-0.4, -0.2) is 21.7 Å². The van der Waals surface area contributed by atoms with Crippen LogP contribution in [0.4, 0.5) is 13.2 Å². The van der Waals surface area contributed by atoms with Gasteiger partial charge in [-0.15, -0.1) is 0 Å². The Hall–Kier alpha value is -4.00. The quantitative estimate of drug-likeness (QED) is 0.392. The average Bonchev–Trinajstić information content (AvgIpc) is 3.02. The van der Waals surface area contributed by atoms with Crippen LogP contribution >= 0.6 is 0 Å². The molecular formula is C25H15F3N2O2. The molecule has 158 valence electrons. The van der Waals surface area contributed by atoms with Crippen LogP contribution in [0.15, 0.2) is 66.9 Å². The minimum atomic E-state index is -0.830. The third-order valence-electron chi connectivity index (χ3n) is 5.69. The van der Waals surface area contributed by atoms with E-state index in [1.54, 1.807) is 37.3 Å². The molecule has 0 bridgehead atoms. The fourth-order valence-electron chi connectivity index (χ4n) is 4.24. The number of imide groups is 1. The van der Waals surface area contributed by atoms with E-state index in [1.807, 2.05) is 0 Å². The Labute approximate surface area is 180 Å². The van der Waals surface area contributed by atoms with Gasteiger partial charge in [0.1, 0.15) is 23.0 Å². The third-order valence-corrected chi connectivity index (χ3v) is 5.69. The topological polar surface area (TPSA) is 50.3 Å². The lowest BCUT2D eigenvalue weighted by atomic mass is 9.92. The normalized spacial score (nSPS) is 14.2. The Balaban J connectivity index is 1.75. The molecule has 7 heteroatoms. The van der Waals surface area contributed by atoms with Crippen LogP contribution in [0.2, 0.25) is 0 Å². The number of hydrogen-bond donors (Lipinski definition) is 0. The van der Waals surface area contributed by atoms with Gasteiger partial charge in [0.15, 0.2) is 0 Å². The molecule has 1 aromatic heterocycles. The molecule has 4 nitrogen and oxygen atoms in total. The zero-order chi connectivity index (χ0) is 22.6. The van der Waals surface area contributed by atoms with Crippen molar-refractivity contribution < 1.29 is 22.8 Å². The summed E-state index contributed by atoms with van der Waals surface area (Å²) in [5, 5.41) is 0.316. The number of aromatic nitrogens is 1. The first-order valence-electron chi connectivity index (χ1n) is 9.87. The molecule has 1 unspecified atom stereocenters. The van der Waals surface area contributed by atoms with Gasteiger partial charge < -0.3 is 0 Å². The SMILES string of the molecule is CC(c1cnc2c(F)cccc2c1-c1cc(F)cc(F)c1)N1C(=O)c2ccccc2C1=O. The third kappa shape index (κ3) is 2.97. The summed E-state index contributed by atoms with van der Waals surface area (Å²) >= 11 is 0. The standard InChI is InChI=1S/C25H15F3N2O2/c1-13(30-24(31)17-5-2-3-6-18(17)25(30)32)20-12-29-23-19(7-4-8-21(23)28)22(20)14-9-15(26)11-16(27)10-14/h2-13H,1H3. The van der Waals surface area contributed by atoms with E-state index in [2.05, 4.69) is 4.98 Å². The van der Waals surface area contributed by atoms with Gasteiger partial charge in [-0.2, -0.15) is 0 Å². The van der Waals surface area contributed by atoms with E-state index in [0.717, 1.165) is 23.1 Å². The zero-order valence-electron chi connectivity index (χ0n) is 16.8. The Kier molecular flexibility index (Phi) is 4.55. The summed E-state index contributed by atoms with van der Waals surface area (Å²) < 4.78 is 42.6. The second-order valence-electron chi connectivity index (χ2n) is 7.58. The zero-order valence-corrected chi connectivity index (χ0v) is 16.8. The van der Waals surface area contributed by atoms with E-state index in [-0.39, 0.29) is 22.2 Å². The molecule has 0 aliphatic carbocycles. The Bertz CT molecular complexity index is 1380. The van der Waals surface area contributed by atoms with Crippen LogP contribution in [0, 0.1) is 17.5 Å². The number of amides is 2. The molecule has 0 N–H and O–H groups in total. The van der Waals surface area contributed by atoms with Gasteiger partial charge in [0.05, 0.1) is 17.2 Å². The highest BCUT2D eigenvalue weighted by Gasteiger charge is 2.39. The molecule has 5 rings (SSSR count).